The zero-order valence-electron chi connectivity index (χ0n) is 15.2. The first-order valence-corrected chi connectivity index (χ1v) is 8.91. The van der Waals surface area contributed by atoms with Gasteiger partial charge in [0.25, 0.3) is 0 Å². The van der Waals surface area contributed by atoms with Gasteiger partial charge in [-0.15, -0.1) is 0 Å². The molecule has 2 aromatic rings. The molecule has 0 bridgehead atoms. The molecule has 0 unspecified atom stereocenters. The van der Waals surface area contributed by atoms with E-state index >= 15 is 0 Å². The standard InChI is InChI=1S/C22H24O4/c1-16(2)13-22(23)26-19(10-6-9-17-7-4-3-5-8-17)18-11-12-20-21(14-18)25-15-24-20/h3-5,7-8,11-14,19H,6,9-10,15H2,1-2H3/t19-/m0/s1. The van der Waals surface area contributed by atoms with Gasteiger partial charge in [-0.3, -0.25) is 0 Å². The molecule has 1 aliphatic rings. The first-order chi connectivity index (χ1) is 12.6. The molecule has 0 aromatic heterocycles. The lowest BCUT2D eigenvalue weighted by molar-refractivity contribution is -0.143. The van der Waals surface area contributed by atoms with Crippen molar-refractivity contribution in [3.63, 3.8) is 0 Å². The number of fused-ring (bicyclic) bond motifs is 1. The van der Waals surface area contributed by atoms with E-state index in [1.807, 2.05) is 50.2 Å². The highest BCUT2D eigenvalue weighted by atomic mass is 16.7. The van der Waals surface area contributed by atoms with Crippen LogP contribution in [0.25, 0.3) is 0 Å². The van der Waals surface area contributed by atoms with Gasteiger partial charge in [-0.05, 0) is 56.4 Å². The van der Waals surface area contributed by atoms with Gasteiger partial charge in [0.2, 0.25) is 6.79 Å². The van der Waals surface area contributed by atoms with Crippen molar-refractivity contribution in [1.29, 1.82) is 0 Å². The summed E-state index contributed by atoms with van der Waals surface area (Å²) in [6.45, 7) is 3.99. The van der Waals surface area contributed by atoms with E-state index in [-0.39, 0.29) is 18.9 Å². The maximum Gasteiger partial charge on any atom is 0.331 e. The fourth-order valence-corrected chi connectivity index (χ4v) is 2.95. The lowest BCUT2D eigenvalue weighted by Gasteiger charge is -2.18. The van der Waals surface area contributed by atoms with E-state index in [9.17, 15) is 4.79 Å². The summed E-state index contributed by atoms with van der Waals surface area (Å²) in [4.78, 5) is 12.1. The number of hydrogen-bond acceptors (Lipinski definition) is 4. The van der Waals surface area contributed by atoms with Crippen molar-refractivity contribution in [2.45, 2.75) is 39.2 Å². The number of benzene rings is 2. The zero-order valence-corrected chi connectivity index (χ0v) is 15.2. The van der Waals surface area contributed by atoms with E-state index in [2.05, 4.69) is 12.1 Å². The van der Waals surface area contributed by atoms with Crippen LogP contribution in [0.2, 0.25) is 0 Å². The first-order valence-electron chi connectivity index (χ1n) is 8.91. The fourth-order valence-electron chi connectivity index (χ4n) is 2.95. The van der Waals surface area contributed by atoms with Crippen LogP contribution < -0.4 is 9.47 Å². The molecule has 26 heavy (non-hydrogen) atoms. The highest BCUT2D eigenvalue weighted by Gasteiger charge is 2.20. The minimum Gasteiger partial charge on any atom is -0.454 e. The third kappa shape index (κ3) is 4.88. The van der Waals surface area contributed by atoms with Crippen LogP contribution in [0.4, 0.5) is 0 Å². The molecule has 0 saturated carbocycles. The number of rotatable bonds is 7. The van der Waals surface area contributed by atoms with E-state index in [4.69, 9.17) is 14.2 Å². The lowest BCUT2D eigenvalue weighted by Crippen LogP contribution is -2.10. The normalized spacial score (nSPS) is 13.2. The van der Waals surface area contributed by atoms with Crippen LogP contribution >= 0.6 is 0 Å². The Labute approximate surface area is 154 Å². The van der Waals surface area contributed by atoms with Crippen molar-refractivity contribution in [2.75, 3.05) is 6.79 Å². The smallest absolute Gasteiger partial charge is 0.331 e. The predicted octanol–water partition coefficient (Wildman–Crippen LogP) is 4.99. The Balaban J connectivity index is 1.70. The molecule has 1 heterocycles. The van der Waals surface area contributed by atoms with Gasteiger partial charge in [0, 0.05) is 6.08 Å². The molecule has 0 amide bonds. The summed E-state index contributed by atoms with van der Waals surface area (Å²) in [7, 11) is 0. The molecule has 3 rings (SSSR count). The predicted molar refractivity (Wildman–Crippen MR) is 100 cm³/mol. The molecule has 0 fully saturated rings. The van der Waals surface area contributed by atoms with Gasteiger partial charge in [-0.2, -0.15) is 0 Å². The van der Waals surface area contributed by atoms with Gasteiger partial charge in [0.15, 0.2) is 11.5 Å². The van der Waals surface area contributed by atoms with Crippen LogP contribution in [-0.2, 0) is 16.0 Å². The number of carbonyl (C=O) groups excluding carboxylic acids is 1. The molecular formula is C22H24O4. The number of hydrogen-bond donors (Lipinski definition) is 0. The number of ether oxygens (including phenoxy) is 3. The summed E-state index contributed by atoms with van der Waals surface area (Å²) in [6, 6.07) is 16.0. The van der Waals surface area contributed by atoms with E-state index in [0.717, 1.165) is 36.1 Å². The monoisotopic (exact) mass is 352 g/mol. The summed E-state index contributed by atoms with van der Waals surface area (Å²) < 4.78 is 16.6. The summed E-state index contributed by atoms with van der Waals surface area (Å²) in [6.07, 6.45) is 3.83. The molecule has 0 saturated heterocycles. The zero-order chi connectivity index (χ0) is 18.4. The van der Waals surface area contributed by atoms with Crippen LogP contribution in [0.3, 0.4) is 0 Å². The van der Waals surface area contributed by atoms with Crippen molar-refractivity contribution in [3.8, 4) is 11.5 Å². The molecule has 0 spiro atoms. The summed E-state index contributed by atoms with van der Waals surface area (Å²) in [5.74, 6) is 1.12. The minimum atomic E-state index is -0.313. The van der Waals surface area contributed by atoms with Gasteiger partial charge < -0.3 is 14.2 Å². The number of esters is 1. The van der Waals surface area contributed by atoms with E-state index in [0.29, 0.717) is 5.75 Å². The maximum atomic E-state index is 12.1. The Morgan fingerprint density at radius 2 is 1.88 bits per heavy atom. The largest absolute Gasteiger partial charge is 0.454 e. The third-order valence-electron chi connectivity index (χ3n) is 4.21. The second kappa shape index (κ2) is 8.56. The number of allylic oxidation sites excluding steroid dienone is 1. The van der Waals surface area contributed by atoms with Crippen LogP contribution in [0.5, 0.6) is 11.5 Å². The molecule has 0 aliphatic carbocycles. The Morgan fingerprint density at radius 3 is 2.65 bits per heavy atom. The van der Waals surface area contributed by atoms with Gasteiger partial charge in [0.05, 0.1) is 0 Å². The van der Waals surface area contributed by atoms with Crippen molar-refractivity contribution in [3.05, 3.63) is 71.3 Å². The van der Waals surface area contributed by atoms with Gasteiger partial charge >= 0.3 is 5.97 Å². The van der Waals surface area contributed by atoms with Crippen LogP contribution in [-0.4, -0.2) is 12.8 Å². The maximum absolute atomic E-state index is 12.1. The minimum absolute atomic E-state index is 0.231. The van der Waals surface area contributed by atoms with Gasteiger partial charge in [0.1, 0.15) is 6.10 Å². The topological polar surface area (TPSA) is 44.8 Å². The Bertz CT molecular complexity index is 776. The molecule has 2 aromatic carbocycles. The highest BCUT2D eigenvalue weighted by Crippen LogP contribution is 2.36. The summed E-state index contributed by atoms with van der Waals surface area (Å²) >= 11 is 0. The fraction of sp³-hybridized carbons (Fsp3) is 0.318. The SMILES string of the molecule is CC(C)=CC(=O)O[C@@H](CCCc1ccccc1)c1ccc2c(c1)OCO2. The Kier molecular flexibility index (Phi) is 5.95. The first kappa shape index (κ1) is 18.1. The molecule has 4 heteroatoms. The molecule has 1 atom stereocenters. The Morgan fingerprint density at radius 1 is 1.12 bits per heavy atom. The molecule has 0 radical (unpaired) electrons. The second-order valence-corrected chi connectivity index (χ2v) is 6.64. The third-order valence-corrected chi connectivity index (χ3v) is 4.21. The quantitative estimate of drug-likeness (QED) is 0.520. The van der Waals surface area contributed by atoms with Crippen molar-refractivity contribution < 1.29 is 19.0 Å². The van der Waals surface area contributed by atoms with Gasteiger partial charge in [-0.25, -0.2) is 4.79 Å². The molecule has 1 aliphatic heterocycles. The molecule has 0 N–H and O–H groups in total. The van der Waals surface area contributed by atoms with Crippen molar-refractivity contribution in [2.24, 2.45) is 0 Å². The average molecular weight is 352 g/mol. The van der Waals surface area contributed by atoms with Crippen LogP contribution in [0, 0.1) is 0 Å². The Hall–Kier alpha value is -2.75. The van der Waals surface area contributed by atoms with E-state index < -0.39 is 0 Å². The van der Waals surface area contributed by atoms with Crippen molar-refractivity contribution >= 4 is 5.97 Å². The molecule has 4 nitrogen and oxygen atoms in total. The van der Waals surface area contributed by atoms with Crippen LogP contribution in [0.1, 0.15) is 43.9 Å². The summed E-state index contributed by atoms with van der Waals surface area (Å²) in [5.41, 5.74) is 3.13. The molecular weight excluding hydrogens is 328 g/mol. The average Bonchev–Trinajstić information content (AvgIpc) is 3.09. The molecule has 136 valence electrons. The van der Waals surface area contributed by atoms with E-state index in [1.54, 1.807) is 0 Å². The van der Waals surface area contributed by atoms with Crippen molar-refractivity contribution in [1.82, 2.24) is 0 Å². The lowest BCUT2D eigenvalue weighted by atomic mass is 10.0. The van der Waals surface area contributed by atoms with Gasteiger partial charge in [-0.1, -0.05) is 42.0 Å². The number of carbonyl (C=O) groups is 1. The summed E-state index contributed by atoms with van der Waals surface area (Å²) in [5, 5.41) is 0. The highest BCUT2D eigenvalue weighted by molar-refractivity contribution is 5.82. The second-order valence-electron chi connectivity index (χ2n) is 6.64. The number of aryl methyl sites for hydroxylation is 1. The van der Waals surface area contributed by atoms with E-state index in [1.165, 1.54) is 11.6 Å². The van der Waals surface area contributed by atoms with Crippen LogP contribution in [0.15, 0.2) is 60.2 Å².